The highest BCUT2D eigenvalue weighted by atomic mass is 19.4. The van der Waals surface area contributed by atoms with Gasteiger partial charge in [-0.1, -0.05) is 0 Å². The van der Waals surface area contributed by atoms with Crippen LogP contribution in [0, 0.1) is 0 Å². The fourth-order valence-corrected chi connectivity index (χ4v) is 1.21. The van der Waals surface area contributed by atoms with Crippen molar-refractivity contribution in [2.45, 2.75) is 25.6 Å². The number of nitrogens with two attached hydrogens (primary N) is 2. The number of guanidine groups is 1. The van der Waals surface area contributed by atoms with Gasteiger partial charge in [0, 0.05) is 0 Å². The molecule has 1 aromatic rings. The van der Waals surface area contributed by atoms with E-state index in [0.717, 1.165) is 12.8 Å². The van der Waals surface area contributed by atoms with E-state index in [-0.39, 0.29) is 11.8 Å². The zero-order chi connectivity index (χ0) is 14.3. The molecule has 7 nitrogen and oxygen atoms in total. The van der Waals surface area contributed by atoms with Crippen molar-refractivity contribution in [3.8, 4) is 0 Å². The number of unbranched alkanes of at least 4 members (excludes halogenated alkanes) is 1. The van der Waals surface area contributed by atoms with Crippen molar-refractivity contribution < 1.29 is 13.2 Å². The second kappa shape index (κ2) is 6.92. The lowest BCUT2D eigenvalue weighted by Crippen LogP contribution is -2.25. The van der Waals surface area contributed by atoms with Crippen molar-refractivity contribution in [2.24, 2.45) is 16.5 Å². The minimum absolute atomic E-state index is 0.246. The Kier molecular flexibility index (Phi) is 5.55. The molecule has 0 radical (unpaired) electrons. The Balaban J connectivity index is 2.44. The van der Waals surface area contributed by atoms with E-state index < -0.39 is 12.7 Å². The van der Waals surface area contributed by atoms with Crippen LogP contribution in [0.15, 0.2) is 11.2 Å². The maximum atomic E-state index is 11.9. The van der Waals surface area contributed by atoms with Gasteiger partial charge in [0.1, 0.15) is 6.54 Å². The molecule has 108 valence electrons. The maximum Gasteiger partial charge on any atom is 0.408 e. The Hall–Kier alpha value is -1.84. The largest absolute Gasteiger partial charge is 0.408 e. The number of hydrogen-bond acceptors (Lipinski definition) is 4. The van der Waals surface area contributed by atoms with Crippen LogP contribution in [0.25, 0.3) is 0 Å². The summed E-state index contributed by atoms with van der Waals surface area (Å²) >= 11 is 0. The van der Waals surface area contributed by atoms with Gasteiger partial charge >= 0.3 is 6.18 Å². The number of rotatable bonds is 6. The summed E-state index contributed by atoms with van der Waals surface area (Å²) in [4.78, 5) is 4.55. The first kappa shape index (κ1) is 15.2. The highest BCUT2D eigenvalue weighted by Gasteiger charge is 2.26. The first-order valence-electron chi connectivity index (χ1n) is 5.64. The van der Waals surface area contributed by atoms with Crippen LogP contribution in [0.5, 0.6) is 0 Å². The average molecular weight is 279 g/mol. The number of aromatic nitrogens is 3. The normalized spacial score (nSPS) is 12.7. The van der Waals surface area contributed by atoms with Crippen molar-refractivity contribution >= 4 is 11.8 Å². The molecule has 0 spiro atoms. The molecule has 0 aliphatic carbocycles. The van der Waals surface area contributed by atoms with Crippen molar-refractivity contribution in [1.82, 2.24) is 15.0 Å². The molecule has 0 amide bonds. The Bertz CT molecular complexity index is 412. The summed E-state index contributed by atoms with van der Waals surface area (Å²) in [6, 6.07) is 0. The van der Waals surface area contributed by atoms with E-state index in [1.54, 1.807) is 0 Å². The van der Waals surface area contributed by atoms with Gasteiger partial charge in [-0.2, -0.15) is 23.1 Å². The lowest BCUT2D eigenvalue weighted by molar-refractivity contribution is -0.118. The van der Waals surface area contributed by atoms with Crippen LogP contribution in [0.4, 0.5) is 19.0 Å². The molecular weight excluding hydrogens is 263 g/mol. The number of hydrogen-bond donors (Lipinski definition) is 3. The third-order valence-electron chi connectivity index (χ3n) is 2.03. The smallest absolute Gasteiger partial charge is 0.370 e. The van der Waals surface area contributed by atoms with E-state index in [9.17, 15) is 13.2 Å². The van der Waals surface area contributed by atoms with E-state index in [1.165, 1.54) is 11.0 Å². The summed E-state index contributed by atoms with van der Waals surface area (Å²) in [5.74, 6) is -0.109. The van der Waals surface area contributed by atoms with Gasteiger partial charge in [-0.05, 0) is 19.4 Å². The van der Waals surface area contributed by atoms with Crippen molar-refractivity contribution in [2.75, 3.05) is 18.4 Å². The molecule has 19 heavy (non-hydrogen) atoms. The van der Waals surface area contributed by atoms with Gasteiger partial charge in [0.15, 0.2) is 11.8 Å². The molecule has 0 saturated carbocycles. The molecular formula is C9H16F3N7. The number of aryl methyl sites for hydroxylation is 1. The number of aliphatic imine (C=N–C) groups is 1. The number of nitrogens with zero attached hydrogens (tertiary/aromatic N) is 4. The number of anilines is 1. The van der Waals surface area contributed by atoms with Crippen molar-refractivity contribution in [3.05, 3.63) is 6.20 Å². The molecule has 5 N–H and O–H groups in total. The molecule has 1 rings (SSSR count). The first-order valence-corrected chi connectivity index (χ1v) is 5.64. The Labute approximate surface area is 107 Å². The van der Waals surface area contributed by atoms with Crippen molar-refractivity contribution in [3.63, 3.8) is 0 Å². The minimum Gasteiger partial charge on any atom is -0.370 e. The van der Waals surface area contributed by atoms with E-state index in [0.29, 0.717) is 13.1 Å². The highest BCUT2D eigenvalue weighted by molar-refractivity contribution is 5.91. The van der Waals surface area contributed by atoms with E-state index >= 15 is 0 Å². The molecule has 1 aromatic heterocycles. The summed E-state index contributed by atoms with van der Waals surface area (Å²) in [6.07, 6.45) is -1.35. The lowest BCUT2D eigenvalue weighted by atomic mass is 10.3. The predicted octanol–water partition coefficient (Wildman–Crippen LogP) is 0.306. The summed E-state index contributed by atoms with van der Waals surface area (Å²) in [6.45, 7) is -0.168. The van der Waals surface area contributed by atoms with Gasteiger partial charge in [0.05, 0.1) is 12.7 Å². The van der Waals surface area contributed by atoms with E-state index in [2.05, 4.69) is 20.5 Å². The Morgan fingerprint density at radius 3 is 2.79 bits per heavy atom. The third kappa shape index (κ3) is 6.60. The van der Waals surface area contributed by atoms with Gasteiger partial charge in [-0.25, -0.2) is 4.99 Å². The second-order valence-electron chi connectivity index (χ2n) is 3.76. The van der Waals surface area contributed by atoms with Crippen LogP contribution in [-0.2, 0) is 6.54 Å². The van der Waals surface area contributed by atoms with Crippen LogP contribution in [0.3, 0.4) is 0 Å². The SMILES string of the molecule is NCCCCn1ncc(N/C(N)=N\CC(F)(F)F)n1. The highest BCUT2D eigenvalue weighted by Crippen LogP contribution is 2.14. The Morgan fingerprint density at radius 1 is 1.42 bits per heavy atom. The van der Waals surface area contributed by atoms with Crippen LogP contribution < -0.4 is 16.8 Å². The molecule has 1 heterocycles. The maximum absolute atomic E-state index is 11.9. The fourth-order valence-electron chi connectivity index (χ4n) is 1.21. The number of halogens is 3. The average Bonchev–Trinajstić information content (AvgIpc) is 2.74. The van der Waals surface area contributed by atoms with E-state index in [1.807, 2.05) is 0 Å². The molecule has 10 heteroatoms. The lowest BCUT2D eigenvalue weighted by Gasteiger charge is -2.04. The molecule has 0 aliphatic rings. The minimum atomic E-state index is -4.38. The van der Waals surface area contributed by atoms with Crippen LogP contribution in [0.2, 0.25) is 0 Å². The summed E-state index contributed by atoms with van der Waals surface area (Å²) in [5.41, 5.74) is 10.6. The summed E-state index contributed by atoms with van der Waals surface area (Å²) < 4.78 is 35.7. The monoisotopic (exact) mass is 279 g/mol. The van der Waals surface area contributed by atoms with Crippen LogP contribution >= 0.6 is 0 Å². The molecule has 0 saturated heterocycles. The van der Waals surface area contributed by atoms with Gasteiger partial charge in [0.2, 0.25) is 0 Å². The molecule has 0 aromatic carbocycles. The zero-order valence-electron chi connectivity index (χ0n) is 10.2. The number of alkyl halides is 3. The standard InChI is InChI=1S/C9H16F3N7/c10-9(11,12)6-15-8(14)17-7-5-16-19(18-7)4-2-1-3-13/h5H,1-4,6,13H2,(H3,14,15,17,18). The summed E-state index contributed by atoms with van der Waals surface area (Å²) in [7, 11) is 0. The van der Waals surface area contributed by atoms with Gasteiger partial charge in [-0.15, -0.1) is 5.10 Å². The summed E-state index contributed by atoms with van der Waals surface area (Å²) in [5, 5.41) is 10.3. The van der Waals surface area contributed by atoms with Gasteiger partial charge in [-0.3, -0.25) is 0 Å². The first-order chi connectivity index (χ1) is 8.90. The molecule has 0 unspecified atom stereocenters. The predicted molar refractivity (Wildman–Crippen MR) is 64.5 cm³/mol. The Morgan fingerprint density at radius 2 is 2.16 bits per heavy atom. The van der Waals surface area contributed by atoms with E-state index in [4.69, 9.17) is 11.5 Å². The zero-order valence-corrected chi connectivity index (χ0v) is 10.2. The molecule has 0 bridgehead atoms. The molecule has 0 atom stereocenters. The van der Waals surface area contributed by atoms with Gasteiger partial charge < -0.3 is 16.8 Å². The fraction of sp³-hybridized carbons (Fsp3) is 0.667. The van der Waals surface area contributed by atoms with Gasteiger partial charge in [0.25, 0.3) is 0 Å². The molecule has 0 fully saturated rings. The van der Waals surface area contributed by atoms with Crippen LogP contribution in [-0.4, -0.2) is 40.2 Å². The molecule has 0 aliphatic heterocycles. The van der Waals surface area contributed by atoms with Crippen LogP contribution in [0.1, 0.15) is 12.8 Å². The topological polar surface area (TPSA) is 107 Å². The van der Waals surface area contributed by atoms with Crippen molar-refractivity contribution in [1.29, 1.82) is 0 Å². The number of nitrogens with one attached hydrogen (secondary N) is 1. The second-order valence-corrected chi connectivity index (χ2v) is 3.76. The quantitative estimate of drug-likeness (QED) is 0.394. The third-order valence-corrected chi connectivity index (χ3v) is 2.03.